The summed E-state index contributed by atoms with van der Waals surface area (Å²) in [6.45, 7) is 4.98. The fourth-order valence-corrected chi connectivity index (χ4v) is 4.12. The minimum absolute atomic E-state index is 0.00825. The molecule has 0 bridgehead atoms. The van der Waals surface area contributed by atoms with E-state index in [1.165, 1.54) is 18.7 Å². The molecule has 0 radical (unpaired) electrons. The Bertz CT molecular complexity index is 891. The quantitative estimate of drug-likeness (QED) is 0.513. The highest BCUT2D eigenvalue weighted by Crippen LogP contribution is 2.37. The van der Waals surface area contributed by atoms with Gasteiger partial charge in [0.1, 0.15) is 5.69 Å². The molecular weight excluding hydrogens is 370 g/mol. The normalized spacial score (nSPS) is 14.7. The highest BCUT2D eigenvalue weighted by Gasteiger charge is 2.28. The van der Waals surface area contributed by atoms with E-state index in [-0.39, 0.29) is 16.3 Å². The number of carbonyl (C=O) groups is 1. The summed E-state index contributed by atoms with van der Waals surface area (Å²) in [6.07, 6.45) is 6.98. The van der Waals surface area contributed by atoms with Gasteiger partial charge >= 0.3 is 5.97 Å². The number of carboxylic acids is 1. The highest BCUT2D eigenvalue weighted by atomic mass is 16.6. The number of aromatic nitrogens is 1. The SMILES string of the molecule is CC(C)CN(c1ccc(-c2cccnc2C(=O)O)cc1[N+](=O)[O-])C1CCCCC1. The topological polar surface area (TPSA) is 96.6 Å². The summed E-state index contributed by atoms with van der Waals surface area (Å²) in [5, 5.41) is 21.4. The number of aromatic carboxylic acids is 1. The molecule has 29 heavy (non-hydrogen) atoms. The number of nitro benzene ring substituents is 1. The maximum absolute atomic E-state index is 11.9. The molecule has 2 aromatic rings. The first-order valence-electron chi connectivity index (χ1n) is 10.1. The van der Waals surface area contributed by atoms with Crippen molar-refractivity contribution in [2.75, 3.05) is 11.4 Å². The van der Waals surface area contributed by atoms with Crippen LogP contribution in [0.5, 0.6) is 0 Å². The van der Waals surface area contributed by atoms with E-state index in [1.807, 2.05) is 0 Å². The zero-order chi connectivity index (χ0) is 21.0. The summed E-state index contributed by atoms with van der Waals surface area (Å²) in [5.41, 5.74) is 1.37. The first kappa shape index (κ1) is 20.8. The molecule has 1 aliphatic carbocycles. The van der Waals surface area contributed by atoms with E-state index in [1.54, 1.807) is 24.3 Å². The molecule has 0 saturated heterocycles. The van der Waals surface area contributed by atoms with Crippen LogP contribution in [0.2, 0.25) is 0 Å². The van der Waals surface area contributed by atoms with E-state index in [4.69, 9.17) is 0 Å². The predicted octanol–water partition coefficient (Wildman–Crippen LogP) is 5.15. The van der Waals surface area contributed by atoms with Crippen molar-refractivity contribution in [2.45, 2.75) is 52.0 Å². The number of nitrogens with zero attached hydrogens (tertiary/aromatic N) is 3. The molecule has 3 rings (SSSR count). The molecule has 0 atom stereocenters. The number of anilines is 1. The molecule has 1 saturated carbocycles. The number of nitro groups is 1. The van der Waals surface area contributed by atoms with Crippen molar-refractivity contribution < 1.29 is 14.8 Å². The third-order valence-corrected chi connectivity index (χ3v) is 5.38. The van der Waals surface area contributed by atoms with Gasteiger partial charge in [0.15, 0.2) is 5.69 Å². The number of carboxylic acid groups (broad SMARTS) is 1. The van der Waals surface area contributed by atoms with Gasteiger partial charge in [-0.2, -0.15) is 0 Å². The van der Waals surface area contributed by atoms with Crippen LogP contribution in [-0.2, 0) is 0 Å². The molecule has 1 aromatic heterocycles. The molecule has 0 amide bonds. The standard InChI is InChI=1S/C22H27N3O4/c1-15(2)14-24(17-7-4-3-5-8-17)19-11-10-16(13-20(19)25(28)29)18-9-6-12-23-21(18)22(26)27/h6,9-13,15,17H,3-5,7-8,14H2,1-2H3,(H,26,27). The Labute approximate surface area is 170 Å². The largest absolute Gasteiger partial charge is 0.476 e. The molecular formula is C22H27N3O4. The highest BCUT2D eigenvalue weighted by molar-refractivity contribution is 5.94. The van der Waals surface area contributed by atoms with Gasteiger partial charge in [-0.3, -0.25) is 10.1 Å². The molecule has 154 valence electrons. The molecule has 7 nitrogen and oxygen atoms in total. The lowest BCUT2D eigenvalue weighted by Gasteiger charge is -2.37. The Morgan fingerprint density at radius 3 is 2.62 bits per heavy atom. The van der Waals surface area contributed by atoms with Crippen molar-refractivity contribution in [1.82, 2.24) is 4.98 Å². The monoisotopic (exact) mass is 397 g/mol. The van der Waals surface area contributed by atoms with E-state index in [9.17, 15) is 20.0 Å². The number of benzene rings is 1. The van der Waals surface area contributed by atoms with Crippen LogP contribution in [0.25, 0.3) is 11.1 Å². The van der Waals surface area contributed by atoms with Crippen molar-refractivity contribution in [1.29, 1.82) is 0 Å². The third-order valence-electron chi connectivity index (χ3n) is 5.38. The number of hydrogen-bond donors (Lipinski definition) is 1. The first-order valence-corrected chi connectivity index (χ1v) is 10.1. The Morgan fingerprint density at radius 1 is 1.28 bits per heavy atom. The Hall–Kier alpha value is -2.96. The zero-order valence-corrected chi connectivity index (χ0v) is 16.9. The summed E-state index contributed by atoms with van der Waals surface area (Å²) in [4.78, 5) is 29.2. The van der Waals surface area contributed by atoms with E-state index >= 15 is 0 Å². The van der Waals surface area contributed by atoms with Gasteiger partial charge < -0.3 is 10.0 Å². The number of rotatable bonds is 7. The summed E-state index contributed by atoms with van der Waals surface area (Å²) < 4.78 is 0. The summed E-state index contributed by atoms with van der Waals surface area (Å²) >= 11 is 0. The molecule has 0 unspecified atom stereocenters. The lowest BCUT2D eigenvalue weighted by molar-refractivity contribution is -0.384. The van der Waals surface area contributed by atoms with Gasteiger partial charge in [-0.1, -0.05) is 45.2 Å². The molecule has 1 fully saturated rings. The van der Waals surface area contributed by atoms with Crippen LogP contribution in [0.15, 0.2) is 36.5 Å². The molecule has 1 aliphatic rings. The Morgan fingerprint density at radius 2 is 2.00 bits per heavy atom. The van der Waals surface area contributed by atoms with E-state index in [2.05, 4.69) is 23.7 Å². The van der Waals surface area contributed by atoms with Crippen LogP contribution >= 0.6 is 0 Å². The van der Waals surface area contributed by atoms with Gasteiger partial charge in [-0.25, -0.2) is 9.78 Å². The fraction of sp³-hybridized carbons (Fsp3) is 0.455. The van der Waals surface area contributed by atoms with Gasteiger partial charge in [-0.15, -0.1) is 0 Å². The average Bonchev–Trinajstić information content (AvgIpc) is 2.72. The summed E-state index contributed by atoms with van der Waals surface area (Å²) in [7, 11) is 0. The first-order chi connectivity index (χ1) is 13.9. The number of hydrogen-bond acceptors (Lipinski definition) is 5. The van der Waals surface area contributed by atoms with Crippen LogP contribution in [-0.4, -0.2) is 33.6 Å². The molecule has 7 heteroatoms. The van der Waals surface area contributed by atoms with Gasteiger partial charge in [0.25, 0.3) is 5.69 Å². The second-order valence-corrected chi connectivity index (χ2v) is 8.00. The second kappa shape index (κ2) is 9.03. The Kier molecular flexibility index (Phi) is 6.46. The predicted molar refractivity (Wildman–Crippen MR) is 112 cm³/mol. The van der Waals surface area contributed by atoms with Gasteiger partial charge in [0.05, 0.1) is 4.92 Å². The van der Waals surface area contributed by atoms with E-state index in [0.717, 1.165) is 32.2 Å². The molecule has 0 aliphatic heterocycles. The second-order valence-electron chi connectivity index (χ2n) is 8.00. The van der Waals surface area contributed by atoms with Crippen LogP contribution in [0, 0.1) is 16.0 Å². The lowest BCUT2D eigenvalue weighted by Crippen LogP contribution is -2.39. The zero-order valence-electron chi connectivity index (χ0n) is 16.9. The smallest absolute Gasteiger partial charge is 0.355 e. The van der Waals surface area contributed by atoms with Crippen LogP contribution in [0.3, 0.4) is 0 Å². The van der Waals surface area contributed by atoms with Crippen molar-refractivity contribution in [3.05, 3.63) is 52.3 Å². The molecule has 0 spiro atoms. The van der Waals surface area contributed by atoms with Crippen molar-refractivity contribution in [2.24, 2.45) is 5.92 Å². The van der Waals surface area contributed by atoms with Crippen molar-refractivity contribution in [3.63, 3.8) is 0 Å². The van der Waals surface area contributed by atoms with Crippen LogP contribution < -0.4 is 4.90 Å². The van der Waals surface area contributed by atoms with Crippen LogP contribution in [0.1, 0.15) is 56.4 Å². The maximum Gasteiger partial charge on any atom is 0.355 e. The Balaban J connectivity index is 2.07. The van der Waals surface area contributed by atoms with E-state index < -0.39 is 5.97 Å². The minimum atomic E-state index is -1.16. The minimum Gasteiger partial charge on any atom is -0.476 e. The van der Waals surface area contributed by atoms with Gasteiger partial charge in [-0.05, 0) is 36.5 Å². The summed E-state index contributed by atoms with van der Waals surface area (Å²) in [6, 6.07) is 8.57. The van der Waals surface area contributed by atoms with Gasteiger partial charge in [0.2, 0.25) is 0 Å². The van der Waals surface area contributed by atoms with Crippen molar-refractivity contribution >= 4 is 17.3 Å². The van der Waals surface area contributed by atoms with Gasteiger partial charge in [0, 0.05) is 30.4 Å². The van der Waals surface area contributed by atoms with Crippen molar-refractivity contribution in [3.8, 4) is 11.1 Å². The number of pyridine rings is 1. The summed E-state index contributed by atoms with van der Waals surface area (Å²) in [5.74, 6) is -0.788. The third kappa shape index (κ3) is 4.72. The fourth-order valence-electron chi connectivity index (χ4n) is 4.12. The molecule has 1 aromatic carbocycles. The van der Waals surface area contributed by atoms with E-state index in [0.29, 0.717) is 28.8 Å². The average molecular weight is 397 g/mol. The maximum atomic E-state index is 11.9. The molecule has 1 N–H and O–H groups in total. The lowest BCUT2D eigenvalue weighted by atomic mass is 9.92. The van der Waals surface area contributed by atoms with Crippen LogP contribution in [0.4, 0.5) is 11.4 Å². The molecule has 1 heterocycles.